The number of nitrogens with zero attached hydrogens (tertiary/aromatic N) is 1. The number of nitrogens with one attached hydrogen (secondary N) is 1. The topological polar surface area (TPSA) is 50.9 Å². The van der Waals surface area contributed by atoms with Crippen molar-refractivity contribution in [3.63, 3.8) is 0 Å². The highest BCUT2D eigenvalue weighted by Gasteiger charge is 2.12. The van der Waals surface area contributed by atoms with Crippen LogP contribution in [0.2, 0.25) is 5.02 Å². The van der Waals surface area contributed by atoms with Crippen molar-refractivity contribution in [2.75, 3.05) is 0 Å². The van der Waals surface area contributed by atoms with E-state index in [-0.39, 0.29) is 6.04 Å². The van der Waals surface area contributed by atoms with E-state index in [4.69, 9.17) is 17.4 Å². The summed E-state index contributed by atoms with van der Waals surface area (Å²) in [5.74, 6) is 5.54. The third-order valence-electron chi connectivity index (χ3n) is 2.29. The number of hydrogen-bond donors (Lipinski definition) is 2. The molecule has 0 saturated heterocycles. The number of hydrogen-bond acceptors (Lipinski definition) is 4. The molecule has 0 bridgehead atoms. The molecule has 0 radical (unpaired) electrons. The van der Waals surface area contributed by atoms with Crippen LogP contribution in [0.15, 0.2) is 35.8 Å². The zero-order valence-corrected chi connectivity index (χ0v) is 10.1. The fraction of sp³-hybridized carbons (Fsp3) is 0.182. The maximum atomic E-state index is 5.79. The van der Waals surface area contributed by atoms with Crippen molar-refractivity contribution in [3.05, 3.63) is 51.4 Å². The second kappa shape index (κ2) is 5.41. The van der Waals surface area contributed by atoms with Gasteiger partial charge in [-0.1, -0.05) is 17.7 Å². The predicted octanol–water partition coefficient (Wildman–Crippen LogP) is 2.54. The van der Waals surface area contributed by atoms with E-state index < -0.39 is 0 Å². The van der Waals surface area contributed by atoms with E-state index in [0.29, 0.717) is 5.02 Å². The van der Waals surface area contributed by atoms with Gasteiger partial charge in [0.25, 0.3) is 0 Å². The van der Waals surface area contributed by atoms with Crippen molar-refractivity contribution in [2.45, 2.75) is 12.5 Å². The van der Waals surface area contributed by atoms with Crippen molar-refractivity contribution >= 4 is 22.9 Å². The monoisotopic (exact) mass is 253 g/mol. The predicted molar refractivity (Wildman–Crippen MR) is 67.3 cm³/mol. The Hall–Kier alpha value is -0.940. The summed E-state index contributed by atoms with van der Waals surface area (Å²) in [6.07, 6.45) is 2.47. The molecule has 0 saturated carbocycles. The second-order valence-corrected chi connectivity index (χ2v) is 4.87. The van der Waals surface area contributed by atoms with E-state index in [2.05, 4.69) is 21.9 Å². The minimum Gasteiger partial charge on any atom is -0.271 e. The number of halogens is 1. The molecule has 0 amide bonds. The average molecular weight is 254 g/mol. The molecular formula is C11H12ClN3S. The summed E-state index contributed by atoms with van der Waals surface area (Å²) < 4.78 is 0. The summed E-state index contributed by atoms with van der Waals surface area (Å²) >= 11 is 7.51. The molecule has 2 rings (SSSR count). The SMILES string of the molecule is NNC(Cc1cccs1)c1ccc(Cl)cn1. The summed E-state index contributed by atoms with van der Waals surface area (Å²) in [5, 5.41) is 2.69. The third-order valence-corrected chi connectivity index (χ3v) is 3.42. The molecule has 0 aliphatic rings. The lowest BCUT2D eigenvalue weighted by molar-refractivity contribution is 0.542. The first-order valence-corrected chi connectivity index (χ1v) is 6.15. The van der Waals surface area contributed by atoms with Crippen LogP contribution in [0.1, 0.15) is 16.6 Å². The first kappa shape index (κ1) is 11.5. The van der Waals surface area contributed by atoms with Crippen LogP contribution in [-0.4, -0.2) is 4.98 Å². The lowest BCUT2D eigenvalue weighted by atomic mass is 10.1. The Balaban J connectivity index is 2.13. The number of nitrogens with two attached hydrogens (primary N) is 1. The van der Waals surface area contributed by atoms with Gasteiger partial charge in [0.15, 0.2) is 0 Å². The first-order chi connectivity index (χ1) is 7.79. The average Bonchev–Trinajstić information content (AvgIpc) is 2.80. The maximum absolute atomic E-state index is 5.79. The molecule has 3 nitrogen and oxygen atoms in total. The van der Waals surface area contributed by atoms with Gasteiger partial charge in [-0.3, -0.25) is 16.3 Å². The normalized spacial score (nSPS) is 12.6. The molecule has 0 aromatic carbocycles. The molecule has 3 N–H and O–H groups in total. The number of aromatic nitrogens is 1. The fourth-order valence-corrected chi connectivity index (χ4v) is 2.34. The van der Waals surface area contributed by atoms with E-state index >= 15 is 0 Å². The molecule has 0 fully saturated rings. The summed E-state index contributed by atoms with van der Waals surface area (Å²) in [6.45, 7) is 0. The highest BCUT2D eigenvalue weighted by atomic mass is 35.5. The highest BCUT2D eigenvalue weighted by Crippen LogP contribution is 2.20. The lowest BCUT2D eigenvalue weighted by Crippen LogP contribution is -2.30. The third kappa shape index (κ3) is 2.80. The zero-order chi connectivity index (χ0) is 11.4. The van der Waals surface area contributed by atoms with E-state index in [1.54, 1.807) is 17.5 Å². The zero-order valence-electron chi connectivity index (χ0n) is 8.56. The molecule has 0 aliphatic carbocycles. The molecule has 2 heterocycles. The summed E-state index contributed by atoms with van der Waals surface area (Å²) in [5.41, 5.74) is 3.68. The van der Waals surface area contributed by atoms with Gasteiger partial charge < -0.3 is 0 Å². The van der Waals surface area contributed by atoms with Gasteiger partial charge in [0.1, 0.15) is 0 Å². The van der Waals surface area contributed by atoms with Gasteiger partial charge in [-0.2, -0.15) is 0 Å². The number of pyridine rings is 1. The Kier molecular flexibility index (Phi) is 3.90. The van der Waals surface area contributed by atoms with Crippen LogP contribution in [0.3, 0.4) is 0 Å². The molecular weight excluding hydrogens is 242 g/mol. The van der Waals surface area contributed by atoms with Gasteiger partial charge in [0.05, 0.1) is 16.8 Å². The van der Waals surface area contributed by atoms with Crippen molar-refractivity contribution in [2.24, 2.45) is 5.84 Å². The van der Waals surface area contributed by atoms with Gasteiger partial charge >= 0.3 is 0 Å². The molecule has 0 spiro atoms. The Morgan fingerprint density at radius 2 is 2.31 bits per heavy atom. The van der Waals surface area contributed by atoms with Gasteiger partial charge in [-0.15, -0.1) is 11.3 Å². The van der Waals surface area contributed by atoms with E-state index in [9.17, 15) is 0 Å². The molecule has 2 aromatic heterocycles. The van der Waals surface area contributed by atoms with E-state index in [0.717, 1.165) is 12.1 Å². The van der Waals surface area contributed by atoms with Crippen molar-refractivity contribution in [1.29, 1.82) is 0 Å². The number of rotatable bonds is 4. The van der Waals surface area contributed by atoms with Crippen molar-refractivity contribution in [3.8, 4) is 0 Å². The Morgan fingerprint density at radius 3 is 2.88 bits per heavy atom. The summed E-state index contributed by atoms with van der Waals surface area (Å²) in [4.78, 5) is 5.54. The highest BCUT2D eigenvalue weighted by molar-refractivity contribution is 7.09. The van der Waals surface area contributed by atoms with Gasteiger partial charge in [-0.05, 0) is 23.6 Å². The second-order valence-electron chi connectivity index (χ2n) is 3.40. The molecule has 0 aliphatic heterocycles. The first-order valence-electron chi connectivity index (χ1n) is 4.89. The summed E-state index contributed by atoms with van der Waals surface area (Å²) in [7, 11) is 0. The lowest BCUT2D eigenvalue weighted by Gasteiger charge is -2.14. The Labute approximate surface area is 103 Å². The molecule has 2 aromatic rings. The van der Waals surface area contributed by atoms with Crippen LogP contribution in [0.5, 0.6) is 0 Å². The number of thiophene rings is 1. The largest absolute Gasteiger partial charge is 0.271 e. The minimum atomic E-state index is 0.0240. The van der Waals surface area contributed by atoms with Crippen LogP contribution in [0.25, 0.3) is 0 Å². The van der Waals surface area contributed by atoms with Crippen molar-refractivity contribution < 1.29 is 0 Å². The van der Waals surface area contributed by atoms with Crippen LogP contribution in [0.4, 0.5) is 0 Å². The van der Waals surface area contributed by atoms with Crippen LogP contribution in [-0.2, 0) is 6.42 Å². The fourth-order valence-electron chi connectivity index (χ4n) is 1.47. The quantitative estimate of drug-likeness (QED) is 0.650. The molecule has 16 heavy (non-hydrogen) atoms. The molecule has 84 valence electrons. The Morgan fingerprint density at radius 1 is 1.44 bits per heavy atom. The van der Waals surface area contributed by atoms with E-state index in [1.165, 1.54) is 4.88 Å². The van der Waals surface area contributed by atoms with Crippen LogP contribution in [0, 0.1) is 0 Å². The smallest absolute Gasteiger partial charge is 0.0680 e. The Bertz CT molecular complexity index is 427. The summed E-state index contributed by atoms with van der Waals surface area (Å²) in [6, 6.07) is 7.85. The van der Waals surface area contributed by atoms with Gasteiger partial charge in [0.2, 0.25) is 0 Å². The van der Waals surface area contributed by atoms with Crippen molar-refractivity contribution in [1.82, 2.24) is 10.4 Å². The number of hydrazine groups is 1. The van der Waals surface area contributed by atoms with E-state index in [1.807, 2.05) is 18.2 Å². The van der Waals surface area contributed by atoms with Crippen LogP contribution >= 0.6 is 22.9 Å². The molecule has 1 atom stereocenters. The minimum absolute atomic E-state index is 0.0240. The van der Waals surface area contributed by atoms with Gasteiger partial charge in [0, 0.05) is 17.5 Å². The van der Waals surface area contributed by atoms with Gasteiger partial charge in [-0.25, -0.2) is 0 Å². The molecule has 5 heteroatoms. The standard InChI is InChI=1S/C11H12ClN3S/c12-8-3-4-10(14-7-8)11(15-13)6-9-2-1-5-16-9/h1-5,7,11,15H,6,13H2. The molecule has 1 unspecified atom stereocenters. The maximum Gasteiger partial charge on any atom is 0.0680 e. The van der Waals surface area contributed by atoms with Crippen LogP contribution < -0.4 is 11.3 Å².